The molecule has 0 saturated carbocycles. The summed E-state index contributed by atoms with van der Waals surface area (Å²) in [5, 5.41) is 9.58. The molecule has 4 heteroatoms. The van der Waals surface area contributed by atoms with Crippen LogP contribution in [0.3, 0.4) is 0 Å². The Morgan fingerprint density at radius 2 is 1.73 bits per heavy atom. The molecular formula is C22H23N3O. The standard InChI is InChI=1S/C22H23N3O/c1-17(14-18-8-3-2-4-9-18)23-16-22(26)25-24-15-20-12-7-11-19-10-5-6-13-21(19)20/h2-13,15,17,23H,14,16H2,1H3,(H,25,26)/b24-15+. The number of nitrogens with zero attached hydrogens (tertiary/aromatic N) is 1. The number of carbonyl (C=O) groups is 1. The third kappa shape index (κ3) is 5.01. The number of carbonyl (C=O) groups excluding carboxylic acids is 1. The van der Waals surface area contributed by atoms with Gasteiger partial charge < -0.3 is 5.32 Å². The molecular weight excluding hydrogens is 322 g/mol. The number of fused-ring (bicyclic) bond motifs is 1. The van der Waals surface area contributed by atoms with Crippen LogP contribution in [-0.2, 0) is 11.2 Å². The minimum absolute atomic E-state index is 0.151. The molecule has 0 fully saturated rings. The normalized spacial score (nSPS) is 12.3. The maximum absolute atomic E-state index is 12.0. The molecule has 0 aliphatic heterocycles. The molecule has 1 atom stereocenters. The summed E-state index contributed by atoms with van der Waals surface area (Å²) in [5.74, 6) is -0.151. The highest BCUT2D eigenvalue weighted by Crippen LogP contribution is 2.16. The van der Waals surface area contributed by atoms with Crippen molar-refractivity contribution < 1.29 is 4.79 Å². The first-order valence-electron chi connectivity index (χ1n) is 8.79. The largest absolute Gasteiger partial charge is 0.306 e. The number of amides is 1. The highest BCUT2D eigenvalue weighted by Gasteiger charge is 2.06. The Morgan fingerprint density at radius 3 is 2.58 bits per heavy atom. The quantitative estimate of drug-likeness (QED) is 0.508. The second-order valence-electron chi connectivity index (χ2n) is 6.33. The fourth-order valence-electron chi connectivity index (χ4n) is 2.88. The van der Waals surface area contributed by atoms with Crippen molar-refractivity contribution in [2.75, 3.05) is 6.54 Å². The lowest BCUT2D eigenvalue weighted by molar-refractivity contribution is -0.120. The Balaban J connectivity index is 1.48. The van der Waals surface area contributed by atoms with Crippen LogP contribution in [0, 0.1) is 0 Å². The van der Waals surface area contributed by atoms with E-state index in [9.17, 15) is 4.79 Å². The monoisotopic (exact) mass is 345 g/mol. The molecule has 2 N–H and O–H groups in total. The van der Waals surface area contributed by atoms with Gasteiger partial charge in [0.1, 0.15) is 0 Å². The van der Waals surface area contributed by atoms with E-state index in [1.807, 2.05) is 48.5 Å². The average Bonchev–Trinajstić information content (AvgIpc) is 2.67. The molecule has 26 heavy (non-hydrogen) atoms. The van der Waals surface area contributed by atoms with Gasteiger partial charge in [-0.25, -0.2) is 5.43 Å². The van der Waals surface area contributed by atoms with Crippen molar-refractivity contribution in [1.29, 1.82) is 0 Å². The lowest BCUT2D eigenvalue weighted by atomic mass is 10.1. The Labute approximate surface area is 153 Å². The molecule has 1 unspecified atom stereocenters. The van der Waals surface area contributed by atoms with E-state index in [-0.39, 0.29) is 18.5 Å². The lowest BCUT2D eigenvalue weighted by Crippen LogP contribution is -2.37. The molecule has 0 aliphatic carbocycles. The summed E-state index contributed by atoms with van der Waals surface area (Å²) in [4.78, 5) is 12.0. The third-order valence-corrected chi connectivity index (χ3v) is 4.21. The summed E-state index contributed by atoms with van der Waals surface area (Å²) in [6.07, 6.45) is 2.57. The van der Waals surface area contributed by atoms with Crippen molar-refractivity contribution in [3.05, 3.63) is 83.9 Å². The Bertz CT molecular complexity index is 885. The smallest absolute Gasteiger partial charge is 0.254 e. The van der Waals surface area contributed by atoms with Gasteiger partial charge in [-0.3, -0.25) is 4.79 Å². The van der Waals surface area contributed by atoms with Gasteiger partial charge in [-0.2, -0.15) is 5.10 Å². The van der Waals surface area contributed by atoms with Crippen LogP contribution in [-0.4, -0.2) is 24.7 Å². The summed E-state index contributed by atoms with van der Waals surface area (Å²) >= 11 is 0. The minimum Gasteiger partial charge on any atom is -0.306 e. The van der Waals surface area contributed by atoms with Crippen molar-refractivity contribution in [2.45, 2.75) is 19.4 Å². The number of hydrogen-bond donors (Lipinski definition) is 2. The highest BCUT2D eigenvalue weighted by molar-refractivity contribution is 5.99. The maximum Gasteiger partial charge on any atom is 0.254 e. The van der Waals surface area contributed by atoms with Gasteiger partial charge in [0.25, 0.3) is 5.91 Å². The molecule has 0 aliphatic rings. The summed E-state index contributed by atoms with van der Waals surface area (Å²) in [7, 11) is 0. The second-order valence-corrected chi connectivity index (χ2v) is 6.33. The van der Waals surface area contributed by atoms with Crippen LogP contribution >= 0.6 is 0 Å². The number of benzene rings is 3. The molecule has 0 aromatic heterocycles. The fourth-order valence-corrected chi connectivity index (χ4v) is 2.88. The van der Waals surface area contributed by atoms with E-state index in [1.165, 1.54) is 5.56 Å². The van der Waals surface area contributed by atoms with E-state index in [4.69, 9.17) is 0 Å². The van der Waals surface area contributed by atoms with E-state index in [2.05, 4.69) is 47.0 Å². The molecule has 3 aromatic rings. The van der Waals surface area contributed by atoms with Gasteiger partial charge in [-0.15, -0.1) is 0 Å². The van der Waals surface area contributed by atoms with Crippen molar-refractivity contribution in [2.24, 2.45) is 5.10 Å². The van der Waals surface area contributed by atoms with Crippen molar-refractivity contribution >= 4 is 22.9 Å². The average molecular weight is 345 g/mol. The van der Waals surface area contributed by atoms with Crippen LogP contribution in [0.5, 0.6) is 0 Å². The first kappa shape index (κ1) is 17.8. The highest BCUT2D eigenvalue weighted by atomic mass is 16.2. The van der Waals surface area contributed by atoms with E-state index >= 15 is 0 Å². The molecule has 4 nitrogen and oxygen atoms in total. The predicted octanol–water partition coefficient (Wildman–Crippen LogP) is 3.51. The Kier molecular flexibility index (Phi) is 6.12. The summed E-state index contributed by atoms with van der Waals surface area (Å²) in [6, 6.07) is 24.6. The van der Waals surface area contributed by atoms with Crippen LogP contribution < -0.4 is 10.7 Å². The molecule has 0 bridgehead atoms. The van der Waals surface area contributed by atoms with Crippen molar-refractivity contribution in [1.82, 2.24) is 10.7 Å². The zero-order chi connectivity index (χ0) is 18.2. The number of nitrogens with one attached hydrogen (secondary N) is 2. The number of rotatable bonds is 7. The lowest BCUT2D eigenvalue weighted by Gasteiger charge is -2.13. The number of hydrogen-bond acceptors (Lipinski definition) is 3. The van der Waals surface area contributed by atoms with Gasteiger partial charge in [0.15, 0.2) is 0 Å². The third-order valence-electron chi connectivity index (χ3n) is 4.21. The predicted molar refractivity (Wildman–Crippen MR) is 107 cm³/mol. The van der Waals surface area contributed by atoms with Crippen LogP contribution in [0.2, 0.25) is 0 Å². The van der Waals surface area contributed by atoms with E-state index in [0.29, 0.717) is 0 Å². The van der Waals surface area contributed by atoms with Gasteiger partial charge in [0.2, 0.25) is 0 Å². The first-order chi connectivity index (χ1) is 12.7. The summed E-state index contributed by atoms with van der Waals surface area (Å²) in [5.41, 5.74) is 4.82. The molecule has 0 radical (unpaired) electrons. The van der Waals surface area contributed by atoms with Crippen LogP contribution in [0.15, 0.2) is 77.9 Å². The second kappa shape index (κ2) is 8.92. The van der Waals surface area contributed by atoms with E-state index in [1.54, 1.807) is 6.21 Å². The van der Waals surface area contributed by atoms with E-state index < -0.39 is 0 Å². The van der Waals surface area contributed by atoms with Crippen LogP contribution in [0.4, 0.5) is 0 Å². The fraction of sp³-hybridized carbons (Fsp3) is 0.182. The SMILES string of the molecule is CC(Cc1ccccc1)NCC(=O)N/N=C/c1cccc2ccccc12. The van der Waals surface area contributed by atoms with Crippen molar-refractivity contribution in [3.63, 3.8) is 0 Å². The summed E-state index contributed by atoms with van der Waals surface area (Å²) < 4.78 is 0. The zero-order valence-corrected chi connectivity index (χ0v) is 14.9. The molecule has 132 valence electrons. The number of hydrazone groups is 1. The minimum atomic E-state index is -0.151. The van der Waals surface area contributed by atoms with Gasteiger partial charge in [-0.05, 0) is 29.7 Å². The van der Waals surface area contributed by atoms with E-state index in [0.717, 1.165) is 22.8 Å². The molecule has 0 spiro atoms. The molecule has 3 aromatic carbocycles. The molecule has 0 heterocycles. The molecule has 1 amide bonds. The van der Waals surface area contributed by atoms with Crippen LogP contribution in [0.25, 0.3) is 10.8 Å². The molecule has 3 rings (SSSR count). The molecule has 0 saturated heterocycles. The van der Waals surface area contributed by atoms with Crippen molar-refractivity contribution in [3.8, 4) is 0 Å². The van der Waals surface area contributed by atoms with Crippen LogP contribution in [0.1, 0.15) is 18.1 Å². The Morgan fingerprint density at radius 1 is 1.00 bits per heavy atom. The van der Waals surface area contributed by atoms with Gasteiger partial charge >= 0.3 is 0 Å². The first-order valence-corrected chi connectivity index (χ1v) is 8.79. The van der Waals surface area contributed by atoms with Gasteiger partial charge in [0.05, 0.1) is 12.8 Å². The zero-order valence-electron chi connectivity index (χ0n) is 14.9. The Hall–Kier alpha value is -2.98. The van der Waals surface area contributed by atoms with Gasteiger partial charge in [-0.1, -0.05) is 72.8 Å². The van der Waals surface area contributed by atoms with Gasteiger partial charge in [0, 0.05) is 11.6 Å². The topological polar surface area (TPSA) is 53.5 Å². The maximum atomic E-state index is 12.0. The summed E-state index contributed by atoms with van der Waals surface area (Å²) in [6.45, 7) is 2.31.